The molecule has 0 radical (unpaired) electrons. The normalized spacial score (nSPS) is 18.8. The highest BCUT2D eigenvalue weighted by Gasteiger charge is 2.35. The van der Waals surface area contributed by atoms with Crippen molar-refractivity contribution in [2.24, 2.45) is 0 Å². The van der Waals surface area contributed by atoms with Gasteiger partial charge < -0.3 is 10.0 Å². The maximum Gasteiger partial charge on any atom is 0.305 e. The molecule has 16 heavy (non-hydrogen) atoms. The minimum Gasteiger partial charge on any atom is -0.481 e. The van der Waals surface area contributed by atoms with Crippen LogP contribution in [0.2, 0.25) is 0 Å². The minimum atomic E-state index is -0.902. The summed E-state index contributed by atoms with van der Waals surface area (Å²) >= 11 is 3.30. The first-order chi connectivity index (χ1) is 7.50. The zero-order chi connectivity index (χ0) is 11.9. The minimum absolute atomic E-state index is 0.0587. The molecule has 0 fully saturated rings. The quantitative estimate of drug-likeness (QED) is 0.904. The van der Waals surface area contributed by atoms with Crippen LogP contribution in [0.5, 0.6) is 0 Å². The smallest absolute Gasteiger partial charge is 0.305 e. The zero-order valence-electron chi connectivity index (χ0n) is 8.61. The van der Waals surface area contributed by atoms with Crippen molar-refractivity contribution in [3.05, 3.63) is 33.8 Å². The van der Waals surface area contributed by atoms with Crippen molar-refractivity contribution in [2.45, 2.75) is 12.5 Å². The van der Waals surface area contributed by atoms with E-state index in [1.54, 1.807) is 19.2 Å². The molecule has 2 rings (SSSR count). The Kier molecular flexibility index (Phi) is 2.71. The molecule has 0 saturated heterocycles. The van der Waals surface area contributed by atoms with E-state index in [4.69, 9.17) is 5.11 Å². The van der Waals surface area contributed by atoms with Gasteiger partial charge in [0.2, 0.25) is 0 Å². The van der Waals surface area contributed by atoms with Crippen LogP contribution in [0.3, 0.4) is 0 Å². The lowest BCUT2D eigenvalue weighted by Crippen LogP contribution is -2.24. The molecule has 0 saturated carbocycles. The third kappa shape index (κ3) is 1.71. The van der Waals surface area contributed by atoms with Crippen LogP contribution < -0.4 is 0 Å². The molecule has 84 valence electrons. The fraction of sp³-hybridized carbons (Fsp3) is 0.273. The van der Waals surface area contributed by atoms with Crippen LogP contribution in [0.1, 0.15) is 28.4 Å². The molecule has 1 aliphatic rings. The molecule has 5 heteroatoms. The Bertz CT molecular complexity index is 472. The SMILES string of the molecule is CN1C(=O)c2cc(Br)ccc2[C@@H]1CC(=O)O. The van der Waals surface area contributed by atoms with Crippen LogP contribution in [-0.2, 0) is 4.79 Å². The first-order valence-electron chi connectivity index (χ1n) is 4.79. The van der Waals surface area contributed by atoms with Gasteiger partial charge >= 0.3 is 5.97 Å². The molecule has 0 bridgehead atoms. The summed E-state index contributed by atoms with van der Waals surface area (Å²) in [7, 11) is 1.63. The Balaban J connectivity index is 2.45. The zero-order valence-corrected chi connectivity index (χ0v) is 10.2. The monoisotopic (exact) mass is 283 g/mol. The molecule has 1 aromatic carbocycles. The highest BCUT2D eigenvalue weighted by atomic mass is 79.9. The predicted molar refractivity (Wildman–Crippen MR) is 61.2 cm³/mol. The first kappa shape index (κ1) is 11.1. The van der Waals surface area contributed by atoms with Gasteiger partial charge in [-0.3, -0.25) is 9.59 Å². The molecular formula is C11H10BrNO3. The molecule has 1 N–H and O–H groups in total. The Morgan fingerprint density at radius 1 is 1.56 bits per heavy atom. The molecule has 0 spiro atoms. The molecule has 1 aromatic rings. The van der Waals surface area contributed by atoms with Gasteiger partial charge in [0.05, 0.1) is 12.5 Å². The molecular weight excluding hydrogens is 274 g/mol. The fourth-order valence-corrected chi connectivity index (χ4v) is 2.32. The predicted octanol–water partition coefficient (Wildman–Crippen LogP) is 2.05. The Labute approximate surface area is 101 Å². The summed E-state index contributed by atoms with van der Waals surface area (Å²) in [6, 6.07) is 5.00. The number of aliphatic carboxylic acids is 1. The van der Waals surface area contributed by atoms with Crippen LogP contribution in [-0.4, -0.2) is 28.9 Å². The maximum absolute atomic E-state index is 11.9. The third-order valence-electron chi connectivity index (χ3n) is 2.76. The lowest BCUT2D eigenvalue weighted by Gasteiger charge is -2.18. The van der Waals surface area contributed by atoms with Crippen molar-refractivity contribution in [3.8, 4) is 0 Å². The van der Waals surface area contributed by atoms with E-state index in [-0.39, 0.29) is 18.4 Å². The van der Waals surface area contributed by atoms with Crippen LogP contribution in [0.4, 0.5) is 0 Å². The third-order valence-corrected chi connectivity index (χ3v) is 3.25. The molecule has 0 aromatic heterocycles. The van der Waals surface area contributed by atoms with Crippen LogP contribution >= 0.6 is 15.9 Å². The second-order valence-corrected chi connectivity index (χ2v) is 4.68. The lowest BCUT2D eigenvalue weighted by atomic mass is 10.0. The maximum atomic E-state index is 11.9. The average Bonchev–Trinajstić information content (AvgIpc) is 2.43. The standard InChI is InChI=1S/C11H10BrNO3/c1-13-9(5-10(14)15)7-3-2-6(12)4-8(7)11(13)16/h2-4,9H,5H2,1H3,(H,14,15)/t9-/m0/s1. The van der Waals surface area contributed by atoms with E-state index in [1.165, 1.54) is 4.90 Å². The van der Waals surface area contributed by atoms with E-state index < -0.39 is 5.97 Å². The van der Waals surface area contributed by atoms with Crippen molar-refractivity contribution >= 4 is 27.8 Å². The topological polar surface area (TPSA) is 57.6 Å². The van der Waals surface area contributed by atoms with E-state index in [2.05, 4.69) is 15.9 Å². The number of carbonyl (C=O) groups is 2. The number of halogens is 1. The second-order valence-electron chi connectivity index (χ2n) is 3.76. The highest BCUT2D eigenvalue weighted by Crippen LogP contribution is 2.35. The van der Waals surface area contributed by atoms with E-state index in [0.717, 1.165) is 10.0 Å². The second kappa shape index (κ2) is 3.90. The van der Waals surface area contributed by atoms with E-state index in [1.807, 2.05) is 6.07 Å². The Hall–Kier alpha value is -1.36. The summed E-state index contributed by atoms with van der Waals surface area (Å²) in [6.45, 7) is 0. The Morgan fingerprint density at radius 3 is 2.88 bits per heavy atom. The molecule has 1 aliphatic heterocycles. The number of nitrogens with zero attached hydrogens (tertiary/aromatic N) is 1. The number of carboxylic acids is 1. The van der Waals surface area contributed by atoms with Gasteiger partial charge in [0.1, 0.15) is 0 Å². The van der Waals surface area contributed by atoms with Gasteiger partial charge in [0.15, 0.2) is 0 Å². The number of rotatable bonds is 2. The number of hydrogen-bond donors (Lipinski definition) is 1. The molecule has 4 nitrogen and oxygen atoms in total. The van der Waals surface area contributed by atoms with Crippen LogP contribution in [0, 0.1) is 0 Å². The van der Waals surface area contributed by atoms with E-state index >= 15 is 0 Å². The lowest BCUT2D eigenvalue weighted by molar-refractivity contribution is -0.138. The van der Waals surface area contributed by atoms with Gasteiger partial charge in [0.25, 0.3) is 5.91 Å². The summed E-state index contributed by atoms with van der Waals surface area (Å²) < 4.78 is 0.823. The van der Waals surface area contributed by atoms with Crippen molar-refractivity contribution in [1.82, 2.24) is 4.90 Å². The van der Waals surface area contributed by atoms with Gasteiger partial charge in [-0.05, 0) is 17.7 Å². The highest BCUT2D eigenvalue weighted by molar-refractivity contribution is 9.10. The molecule has 0 unspecified atom stereocenters. The van der Waals surface area contributed by atoms with Crippen LogP contribution in [0.15, 0.2) is 22.7 Å². The van der Waals surface area contributed by atoms with Crippen molar-refractivity contribution < 1.29 is 14.7 Å². The summed E-state index contributed by atoms with van der Waals surface area (Å²) in [5.41, 5.74) is 1.38. The van der Waals surface area contributed by atoms with Crippen LogP contribution in [0.25, 0.3) is 0 Å². The molecule has 1 heterocycles. The number of amides is 1. The summed E-state index contributed by atoms with van der Waals surface area (Å²) in [5, 5.41) is 8.81. The van der Waals surface area contributed by atoms with Gasteiger partial charge in [-0.25, -0.2) is 0 Å². The van der Waals surface area contributed by atoms with Crippen molar-refractivity contribution in [2.75, 3.05) is 7.05 Å². The van der Waals surface area contributed by atoms with Crippen molar-refractivity contribution in [3.63, 3.8) is 0 Å². The van der Waals surface area contributed by atoms with Gasteiger partial charge in [-0.15, -0.1) is 0 Å². The van der Waals surface area contributed by atoms with E-state index in [0.29, 0.717) is 5.56 Å². The summed E-state index contributed by atoms with van der Waals surface area (Å²) in [6.07, 6.45) is -0.0587. The number of fused-ring (bicyclic) bond motifs is 1. The van der Waals surface area contributed by atoms with E-state index in [9.17, 15) is 9.59 Å². The average molecular weight is 284 g/mol. The number of carboxylic acid groups (broad SMARTS) is 1. The first-order valence-corrected chi connectivity index (χ1v) is 5.58. The molecule has 1 atom stereocenters. The van der Waals surface area contributed by atoms with Crippen molar-refractivity contribution in [1.29, 1.82) is 0 Å². The van der Waals surface area contributed by atoms with Gasteiger partial charge in [0, 0.05) is 17.1 Å². The number of hydrogen-bond acceptors (Lipinski definition) is 2. The summed E-state index contributed by atoms with van der Waals surface area (Å²) in [4.78, 5) is 24.1. The van der Waals surface area contributed by atoms with Gasteiger partial charge in [-0.1, -0.05) is 22.0 Å². The molecule has 0 aliphatic carbocycles. The van der Waals surface area contributed by atoms with Gasteiger partial charge in [-0.2, -0.15) is 0 Å². The number of benzene rings is 1. The number of carbonyl (C=O) groups excluding carboxylic acids is 1. The summed E-state index contributed by atoms with van der Waals surface area (Å²) in [5.74, 6) is -1.03. The Morgan fingerprint density at radius 2 is 2.25 bits per heavy atom. The largest absolute Gasteiger partial charge is 0.481 e. The molecule has 1 amide bonds. The fourth-order valence-electron chi connectivity index (χ4n) is 1.96.